The van der Waals surface area contributed by atoms with Gasteiger partial charge in [-0.2, -0.15) is 10.2 Å². The van der Waals surface area contributed by atoms with E-state index in [0.29, 0.717) is 27.6 Å². The van der Waals surface area contributed by atoms with Crippen LogP contribution in [0, 0.1) is 11.3 Å². The van der Waals surface area contributed by atoms with E-state index in [-0.39, 0.29) is 6.54 Å². The van der Waals surface area contributed by atoms with Gasteiger partial charge >= 0.3 is 0 Å². The predicted octanol–water partition coefficient (Wildman–Crippen LogP) is 2.81. The third-order valence-electron chi connectivity index (χ3n) is 2.34. The number of halogens is 2. The first-order chi connectivity index (χ1) is 9.13. The molecular weight excluding hydrogens is 287 g/mol. The highest BCUT2D eigenvalue weighted by atomic mass is 35.5. The van der Waals surface area contributed by atoms with Gasteiger partial charge in [0.1, 0.15) is 6.54 Å². The second-order valence-electron chi connectivity index (χ2n) is 3.61. The Hall–Kier alpha value is -1.97. The summed E-state index contributed by atoms with van der Waals surface area (Å²) in [5.41, 5.74) is 0.653. The van der Waals surface area contributed by atoms with Gasteiger partial charge < -0.3 is 5.32 Å². The first-order valence-electron chi connectivity index (χ1n) is 5.35. The van der Waals surface area contributed by atoms with Crippen molar-refractivity contribution >= 4 is 40.8 Å². The maximum absolute atomic E-state index is 8.92. The van der Waals surface area contributed by atoms with E-state index in [9.17, 15) is 0 Å². The zero-order valence-corrected chi connectivity index (χ0v) is 11.5. The summed E-state index contributed by atoms with van der Waals surface area (Å²) in [5, 5.41) is 19.4. The van der Waals surface area contributed by atoms with Crippen LogP contribution in [0.4, 0.5) is 17.6 Å². The number of benzene rings is 1. The van der Waals surface area contributed by atoms with E-state index in [1.54, 1.807) is 30.1 Å². The zero-order chi connectivity index (χ0) is 13.8. The molecule has 0 spiro atoms. The second kappa shape index (κ2) is 5.78. The lowest BCUT2D eigenvalue weighted by Crippen LogP contribution is -2.18. The Kier molecular flexibility index (Phi) is 4.10. The van der Waals surface area contributed by atoms with E-state index in [2.05, 4.69) is 26.6 Å². The van der Waals surface area contributed by atoms with Crippen LogP contribution in [-0.2, 0) is 0 Å². The molecule has 1 aromatic carbocycles. The molecule has 0 aliphatic rings. The Morgan fingerprint density at radius 2 is 2.05 bits per heavy atom. The van der Waals surface area contributed by atoms with Gasteiger partial charge in [0.15, 0.2) is 0 Å². The summed E-state index contributed by atoms with van der Waals surface area (Å²) in [6, 6.07) is 7.06. The molecule has 8 heteroatoms. The van der Waals surface area contributed by atoms with Crippen LogP contribution >= 0.6 is 23.2 Å². The van der Waals surface area contributed by atoms with Crippen molar-refractivity contribution in [2.24, 2.45) is 0 Å². The summed E-state index contributed by atoms with van der Waals surface area (Å²) in [6.45, 7) is 0.0810. The van der Waals surface area contributed by atoms with Crippen molar-refractivity contribution in [1.82, 2.24) is 15.2 Å². The fraction of sp³-hybridized carbons (Fsp3) is 0.182. The molecule has 6 nitrogen and oxygen atoms in total. The van der Waals surface area contributed by atoms with Crippen LogP contribution in [0.1, 0.15) is 0 Å². The van der Waals surface area contributed by atoms with Crippen molar-refractivity contribution in [2.45, 2.75) is 0 Å². The van der Waals surface area contributed by atoms with Crippen LogP contribution in [0.15, 0.2) is 18.2 Å². The number of nitrogens with zero attached hydrogens (tertiary/aromatic N) is 4. The molecule has 1 heterocycles. The molecule has 0 amide bonds. The van der Waals surface area contributed by atoms with Gasteiger partial charge in [0, 0.05) is 22.8 Å². The molecule has 2 N–H and O–H groups in total. The normalized spacial score (nSPS) is 10.0. The quantitative estimate of drug-likeness (QED) is 0.848. The average Bonchev–Trinajstić information content (AvgIpc) is 2.83. The maximum atomic E-state index is 8.92. The number of aromatic nitrogens is 3. The third kappa shape index (κ3) is 3.08. The number of H-pyrrole nitrogens is 1. The van der Waals surface area contributed by atoms with E-state index in [1.165, 1.54) is 0 Å². The highest BCUT2D eigenvalue weighted by Gasteiger charge is 2.15. The Bertz CT molecular complexity index is 598. The first kappa shape index (κ1) is 13.5. The van der Waals surface area contributed by atoms with Crippen LogP contribution < -0.4 is 10.2 Å². The Morgan fingerprint density at radius 3 is 2.58 bits per heavy atom. The Balaban J connectivity index is 2.42. The summed E-state index contributed by atoms with van der Waals surface area (Å²) < 4.78 is 0. The predicted molar refractivity (Wildman–Crippen MR) is 75.0 cm³/mol. The molecule has 0 aliphatic carbocycles. The van der Waals surface area contributed by atoms with Crippen molar-refractivity contribution in [3.63, 3.8) is 0 Å². The first-order valence-corrected chi connectivity index (χ1v) is 6.10. The van der Waals surface area contributed by atoms with Gasteiger partial charge in [-0.3, -0.25) is 4.90 Å². The van der Waals surface area contributed by atoms with Crippen molar-refractivity contribution < 1.29 is 0 Å². The maximum Gasteiger partial charge on any atom is 0.251 e. The smallest absolute Gasteiger partial charge is 0.251 e. The molecular formula is C11H10Cl2N6. The van der Waals surface area contributed by atoms with Gasteiger partial charge in [-0.05, 0) is 18.2 Å². The minimum Gasteiger partial charge on any atom is -0.358 e. The topological polar surface area (TPSA) is 80.6 Å². The molecule has 98 valence electrons. The summed E-state index contributed by atoms with van der Waals surface area (Å²) in [6.07, 6.45) is 0. The minimum absolute atomic E-state index is 0.0810. The van der Waals surface area contributed by atoms with Crippen LogP contribution in [0.25, 0.3) is 0 Å². The van der Waals surface area contributed by atoms with Crippen molar-refractivity contribution in [3.8, 4) is 6.07 Å². The van der Waals surface area contributed by atoms with Crippen LogP contribution in [0.5, 0.6) is 0 Å². The van der Waals surface area contributed by atoms with Gasteiger partial charge in [0.25, 0.3) is 5.95 Å². The van der Waals surface area contributed by atoms with Gasteiger partial charge in [-0.25, -0.2) is 5.10 Å². The minimum atomic E-state index is 0.0810. The van der Waals surface area contributed by atoms with E-state index >= 15 is 0 Å². The Morgan fingerprint density at radius 1 is 1.37 bits per heavy atom. The molecule has 0 radical (unpaired) electrons. The number of hydrogen-bond acceptors (Lipinski definition) is 5. The summed E-state index contributed by atoms with van der Waals surface area (Å²) >= 11 is 11.9. The number of nitrogens with one attached hydrogen (secondary N) is 2. The molecule has 0 fully saturated rings. The van der Waals surface area contributed by atoms with Gasteiger partial charge in [-0.15, -0.1) is 5.10 Å². The molecule has 0 saturated carbocycles. The van der Waals surface area contributed by atoms with E-state index in [1.807, 2.05) is 0 Å². The van der Waals surface area contributed by atoms with Crippen LogP contribution in [0.3, 0.4) is 0 Å². The number of rotatable bonds is 4. The van der Waals surface area contributed by atoms with Gasteiger partial charge in [0.2, 0.25) is 5.95 Å². The molecule has 2 rings (SSSR count). The molecule has 2 aromatic rings. The number of anilines is 3. The molecule has 0 bridgehead atoms. The summed E-state index contributed by atoms with van der Waals surface area (Å²) in [5.74, 6) is 0.871. The van der Waals surface area contributed by atoms with Gasteiger partial charge in [0.05, 0.1) is 6.07 Å². The molecule has 0 atom stereocenters. The zero-order valence-electron chi connectivity index (χ0n) is 9.98. The highest BCUT2D eigenvalue weighted by molar-refractivity contribution is 6.35. The van der Waals surface area contributed by atoms with E-state index in [0.717, 1.165) is 0 Å². The summed E-state index contributed by atoms with van der Waals surface area (Å²) in [7, 11) is 1.72. The molecule has 1 aromatic heterocycles. The lowest BCUT2D eigenvalue weighted by molar-refractivity contribution is 0.993. The van der Waals surface area contributed by atoms with Crippen molar-refractivity contribution in [2.75, 3.05) is 23.8 Å². The van der Waals surface area contributed by atoms with Gasteiger partial charge in [-0.1, -0.05) is 23.2 Å². The van der Waals surface area contributed by atoms with E-state index < -0.39 is 0 Å². The largest absolute Gasteiger partial charge is 0.358 e. The molecule has 0 unspecified atom stereocenters. The summed E-state index contributed by atoms with van der Waals surface area (Å²) in [4.78, 5) is 5.80. The lowest BCUT2D eigenvalue weighted by atomic mass is 10.3. The number of nitriles is 1. The monoisotopic (exact) mass is 296 g/mol. The van der Waals surface area contributed by atoms with E-state index in [4.69, 9.17) is 28.5 Å². The van der Waals surface area contributed by atoms with Crippen molar-refractivity contribution in [1.29, 1.82) is 5.26 Å². The molecule has 0 saturated heterocycles. The number of hydrogen-bond donors (Lipinski definition) is 2. The third-order valence-corrected chi connectivity index (χ3v) is 2.78. The molecule has 0 aliphatic heterocycles. The number of aromatic amines is 1. The standard InChI is InChI=1S/C11H10Cl2N6/c1-15-10-16-11(18-17-10)19(3-2-14)9-5-7(12)4-8(13)6-9/h4-6H,3H2,1H3,(H2,15,16,17,18). The SMILES string of the molecule is CNc1nc(N(CC#N)c2cc(Cl)cc(Cl)c2)n[nH]1. The highest BCUT2D eigenvalue weighted by Crippen LogP contribution is 2.29. The van der Waals surface area contributed by atoms with Crippen LogP contribution in [-0.4, -0.2) is 28.8 Å². The Labute approximate surface area is 120 Å². The fourth-order valence-corrected chi connectivity index (χ4v) is 2.04. The lowest BCUT2D eigenvalue weighted by Gasteiger charge is -2.17. The van der Waals surface area contributed by atoms with Crippen molar-refractivity contribution in [3.05, 3.63) is 28.2 Å². The average molecular weight is 297 g/mol. The fourth-order valence-electron chi connectivity index (χ4n) is 1.53. The van der Waals surface area contributed by atoms with Crippen LogP contribution in [0.2, 0.25) is 10.0 Å². The molecule has 19 heavy (non-hydrogen) atoms. The second-order valence-corrected chi connectivity index (χ2v) is 4.48.